The quantitative estimate of drug-likeness (QED) is 0.214. The number of anilines is 1. The molecule has 6 nitrogen and oxygen atoms in total. The molecule has 0 saturated carbocycles. The molecule has 198 valence electrons. The van der Waals surface area contributed by atoms with Gasteiger partial charge in [-0.25, -0.2) is 0 Å². The lowest BCUT2D eigenvalue weighted by molar-refractivity contribution is -0.132. The Bertz CT molecular complexity index is 1370. The zero-order chi connectivity index (χ0) is 27.6. The molecule has 0 radical (unpaired) electrons. The van der Waals surface area contributed by atoms with Gasteiger partial charge in [0.2, 0.25) is 0 Å². The van der Waals surface area contributed by atoms with Gasteiger partial charge in [-0.1, -0.05) is 63.2 Å². The Labute approximate surface area is 224 Å². The Balaban J connectivity index is 1.90. The van der Waals surface area contributed by atoms with Crippen LogP contribution in [0.1, 0.15) is 64.3 Å². The topological polar surface area (TPSA) is 76.1 Å². The molecule has 0 spiro atoms. The minimum atomic E-state index is -0.824. The molecule has 1 heterocycles. The van der Waals surface area contributed by atoms with Gasteiger partial charge in [0.05, 0.1) is 24.3 Å². The summed E-state index contributed by atoms with van der Waals surface area (Å²) in [5.41, 5.74) is 2.72. The Hall–Kier alpha value is -4.06. The number of aliphatic hydroxyl groups is 1. The fraction of sp³-hybridized carbons (Fsp3) is 0.312. The summed E-state index contributed by atoms with van der Waals surface area (Å²) in [5, 5.41) is 11.5. The van der Waals surface area contributed by atoms with Crippen molar-refractivity contribution in [2.75, 3.05) is 11.5 Å². The van der Waals surface area contributed by atoms with Crippen LogP contribution in [0.25, 0.3) is 5.76 Å². The monoisotopic (exact) mass is 513 g/mol. The van der Waals surface area contributed by atoms with Crippen LogP contribution in [0.4, 0.5) is 5.69 Å². The number of Topliss-reactive ketones (excluding diaryl/α,β-unsaturated/α-hetero) is 1. The van der Waals surface area contributed by atoms with E-state index in [1.165, 1.54) is 4.90 Å². The largest absolute Gasteiger partial charge is 0.507 e. The van der Waals surface area contributed by atoms with E-state index in [1.54, 1.807) is 48.5 Å². The lowest BCUT2D eigenvalue weighted by Crippen LogP contribution is -2.29. The number of hydrogen-bond donors (Lipinski definition) is 1. The van der Waals surface area contributed by atoms with Crippen LogP contribution in [0.5, 0.6) is 11.5 Å². The van der Waals surface area contributed by atoms with Crippen LogP contribution in [0.3, 0.4) is 0 Å². The molecule has 3 aromatic rings. The van der Waals surface area contributed by atoms with Crippen molar-refractivity contribution >= 4 is 23.1 Å². The molecule has 1 unspecified atom stereocenters. The Morgan fingerprint density at radius 2 is 1.61 bits per heavy atom. The molecule has 0 bridgehead atoms. The van der Waals surface area contributed by atoms with Crippen molar-refractivity contribution in [1.29, 1.82) is 0 Å². The Morgan fingerprint density at radius 3 is 2.24 bits per heavy atom. The van der Waals surface area contributed by atoms with Crippen molar-refractivity contribution in [2.45, 2.75) is 59.1 Å². The van der Waals surface area contributed by atoms with Crippen LogP contribution in [0.2, 0.25) is 0 Å². The van der Waals surface area contributed by atoms with Crippen LogP contribution in [-0.4, -0.2) is 29.5 Å². The average molecular weight is 514 g/mol. The molecule has 1 N–H and O–H groups in total. The highest BCUT2D eigenvalue weighted by Gasteiger charge is 2.47. The van der Waals surface area contributed by atoms with E-state index < -0.39 is 17.7 Å². The predicted octanol–water partition coefficient (Wildman–Crippen LogP) is 6.80. The third-order valence-electron chi connectivity index (χ3n) is 6.42. The summed E-state index contributed by atoms with van der Waals surface area (Å²) in [6.07, 6.45) is -0.0584. The number of carbonyl (C=O) groups is 2. The van der Waals surface area contributed by atoms with Crippen molar-refractivity contribution in [3.05, 3.63) is 95.1 Å². The second kappa shape index (κ2) is 10.7. The molecule has 1 aliphatic heterocycles. The highest BCUT2D eigenvalue weighted by molar-refractivity contribution is 6.51. The SMILES string of the molecule is CCOc1cccc(N2C(=O)C(=O)/C(=C(/O)c3cccc(OC(C)C)c3)C2c2ccc(C(C)(C)C)cc2)c1. The first-order valence-electron chi connectivity index (χ1n) is 12.9. The summed E-state index contributed by atoms with van der Waals surface area (Å²) >= 11 is 0. The first kappa shape index (κ1) is 27.0. The second-order valence-corrected chi connectivity index (χ2v) is 10.7. The summed E-state index contributed by atoms with van der Waals surface area (Å²) in [5.74, 6) is -0.545. The van der Waals surface area contributed by atoms with Crippen LogP contribution in [0.15, 0.2) is 78.4 Å². The summed E-state index contributed by atoms with van der Waals surface area (Å²) in [7, 11) is 0. The van der Waals surface area contributed by atoms with Crippen LogP contribution >= 0.6 is 0 Å². The Morgan fingerprint density at radius 1 is 0.947 bits per heavy atom. The molecule has 4 rings (SSSR count). The van der Waals surface area contributed by atoms with Gasteiger partial charge in [-0.3, -0.25) is 14.5 Å². The summed E-state index contributed by atoms with van der Waals surface area (Å²) in [6.45, 7) is 12.5. The highest BCUT2D eigenvalue weighted by Crippen LogP contribution is 2.43. The minimum absolute atomic E-state index is 0.0296. The van der Waals surface area contributed by atoms with E-state index in [1.807, 2.05) is 45.0 Å². The molecular formula is C32H35NO5. The fourth-order valence-electron chi connectivity index (χ4n) is 4.61. The third kappa shape index (κ3) is 5.44. The molecule has 1 atom stereocenters. The molecule has 3 aromatic carbocycles. The summed E-state index contributed by atoms with van der Waals surface area (Å²) in [4.78, 5) is 28.5. The van der Waals surface area contributed by atoms with Gasteiger partial charge in [0.25, 0.3) is 11.7 Å². The zero-order valence-corrected chi connectivity index (χ0v) is 22.8. The lowest BCUT2D eigenvalue weighted by Gasteiger charge is -2.27. The van der Waals surface area contributed by atoms with Gasteiger partial charge in [0.1, 0.15) is 17.3 Å². The van der Waals surface area contributed by atoms with Crippen LogP contribution in [0, 0.1) is 0 Å². The van der Waals surface area contributed by atoms with Gasteiger partial charge in [-0.2, -0.15) is 0 Å². The molecular weight excluding hydrogens is 478 g/mol. The second-order valence-electron chi connectivity index (χ2n) is 10.7. The van der Waals surface area contributed by atoms with E-state index in [-0.39, 0.29) is 22.9 Å². The molecule has 0 aliphatic carbocycles. The third-order valence-corrected chi connectivity index (χ3v) is 6.42. The van der Waals surface area contributed by atoms with E-state index in [2.05, 4.69) is 20.8 Å². The first-order chi connectivity index (χ1) is 18.0. The van der Waals surface area contributed by atoms with Crippen molar-refractivity contribution in [3.8, 4) is 11.5 Å². The molecule has 0 aromatic heterocycles. The Kier molecular flexibility index (Phi) is 7.63. The normalized spacial score (nSPS) is 17.2. The van der Waals surface area contributed by atoms with Gasteiger partial charge in [0.15, 0.2) is 0 Å². The van der Waals surface area contributed by atoms with Crippen LogP contribution < -0.4 is 14.4 Å². The maximum absolute atomic E-state index is 13.5. The van der Waals surface area contributed by atoms with E-state index in [9.17, 15) is 14.7 Å². The molecule has 1 amide bonds. The maximum Gasteiger partial charge on any atom is 0.300 e. The number of benzene rings is 3. The van der Waals surface area contributed by atoms with Crippen molar-refractivity contribution in [3.63, 3.8) is 0 Å². The smallest absolute Gasteiger partial charge is 0.300 e. The van der Waals surface area contributed by atoms with Crippen molar-refractivity contribution < 1.29 is 24.2 Å². The number of aliphatic hydroxyl groups excluding tert-OH is 1. The molecule has 38 heavy (non-hydrogen) atoms. The van der Waals surface area contributed by atoms with Gasteiger partial charge in [-0.15, -0.1) is 0 Å². The van der Waals surface area contributed by atoms with Gasteiger partial charge < -0.3 is 14.6 Å². The van der Waals surface area contributed by atoms with Gasteiger partial charge in [-0.05, 0) is 61.6 Å². The van der Waals surface area contributed by atoms with E-state index >= 15 is 0 Å². The first-order valence-corrected chi connectivity index (χ1v) is 12.9. The fourth-order valence-corrected chi connectivity index (χ4v) is 4.61. The summed E-state index contributed by atoms with van der Waals surface area (Å²) < 4.78 is 11.4. The number of carbonyl (C=O) groups excluding carboxylic acids is 2. The molecule has 1 aliphatic rings. The van der Waals surface area contributed by atoms with E-state index in [0.29, 0.717) is 29.4 Å². The number of hydrogen-bond acceptors (Lipinski definition) is 5. The standard InChI is InChI=1S/C32H35NO5/c1-7-37-25-12-9-11-24(19-25)33-28(21-14-16-23(17-15-21)32(4,5)6)27(30(35)31(33)36)29(34)22-10-8-13-26(18-22)38-20(2)3/h8-20,28,34H,7H2,1-6H3/b29-27+. The maximum atomic E-state index is 13.5. The van der Waals surface area contributed by atoms with Gasteiger partial charge in [0, 0.05) is 17.3 Å². The zero-order valence-electron chi connectivity index (χ0n) is 22.8. The lowest BCUT2D eigenvalue weighted by atomic mass is 9.85. The number of nitrogens with zero attached hydrogens (tertiary/aromatic N) is 1. The van der Waals surface area contributed by atoms with Gasteiger partial charge >= 0.3 is 0 Å². The van der Waals surface area contributed by atoms with Crippen molar-refractivity contribution in [2.24, 2.45) is 0 Å². The number of rotatable bonds is 7. The summed E-state index contributed by atoms with van der Waals surface area (Å²) in [6, 6.07) is 21.0. The molecule has 6 heteroatoms. The van der Waals surface area contributed by atoms with E-state index in [0.717, 1.165) is 11.1 Å². The molecule has 1 saturated heterocycles. The average Bonchev–Trinajstić information content (AvgIpc) is 3.13. The number of amides is 1. The number of ketones is 1. The highest BCUT2D eigenvalue weighted by atomic mass is 16.5. The van der Waals surface area contributed by atoms with E-state index in [4.69, 9.17) is 9.47 Å². The number of ether oxygens (including phenoxy) is 2. The van der Waals surface area contributed by atoms with Crippen LogP contribution in [-0.2, 0) is 15.0 Å². The van der Waals surface area contributed by atoms with Crippen molar-refractivity contribution in [1.82, 2.24) is 0 Å². The minimum Gasteiger partial charge on any atom is -0.507 e. The predicted molar refractivity (Wildman–Crippen MR) is 150 cm³/mol. The molecule has 1 fully saturated rings.